The highest BCUT2D eigenvalue weighted by molar-refractivity contribution is 7.04. The molecule has 47 heavy (non-hydrogen) atoms. The summed E-state index contributed by atoms with van der Waals surface area (Å²) in [6, 6.07) is 8.11. The second-order valence-electron chi connectivity index (χ2n) is 16.9. The van der Waals surface area contributed by atoms with E-state index in [1.165, 1.54) is 132 Å². The van der Waals surface area contributed by atoms with Crippen LogP contribution < -0.4 is 0 Å². The quantitative estimate of drug-likeness (QED) is 0.270. The Morgan fingerprint density at radius 1 is 0.362 bits per heavy atom. The number of hydrogen-bond acceptors (Lipinski definition) is 2. The summed E-state index contributed by atoms with van der Waals surface area (Å²) in [5.74, 6) is 4.17. The molecule has 6 rings (SSSR count). The Kier molecular flexibility index (Phi) is 48.6. The molecule has 0 radical (unpaired) electrons. The van der Waals surface area contributed by atoms with Gasteiger partial charge in [-0.3, -0.25) is 0 Å². The molecule has 1 nitrogen and oxygen atoms in total. The smallest absolute Gasteiger partial charge is 0.0840 e. The first-order valence-electron chi connectivity index (χ1n) is 20.4. The molecule has 0 aliphatic heterocycles. The van der Waals surface area contributed by atoms with Crippen LogP contribution in [-0.4, -0.2) is 4.37 Å². The van der Waals surface area contributed by atoms with E-state index in [1.807, 2.05) is 18.2 Å². The van der Waals surface area contributed by atoms with Gasteiger partial charge in [0, 0.05) is 10.8 Å². The van der Waals surface area contributed by atoms with E-state index in [-0.39, 0.29) is 0 Å². The van der Waals surface area contributed by atoms with Crippen molar-refractivity contribution in [2.45, 2.75) is 219 Å². The average molecular weight is 678 g/mol. The monoisotopic (exact) mass is 678 g/mol. The number of hydrogen-bond donors (Lipinski definition) is 0. The van der Waals surface area contributed by atoms with Crippen LogP contribution in [-0.2, 0) is 0 Å². The van der Waals surface area contributed by atoms with Gasteiger partial charge >= 0.3 is 0 Å². The van der Waals surface area contributed by atoms with E-state index >= 15 is 0 Å². The number of nitrogens with zero attached hydrogens (tertiary/aromatic N) is 1. The molecule has 282 valence electrons. The van der Waals surface area contributed by atoms with E-state index in [4.69, 9.17) is 0 Å². The summed E-state index contributed by atoms with van der Waals surface area (Å²) in [4.78, 5) is 0. The summed E-state index contributed by atoms with van der Waals surface area (Å²) in [6.45, 7) is 32.5. The zero-order chi connectivity index (χ0) is 36.7. The van der Waals surface area contributed by atoms with Crippen LogP contribution in [0.4, 0.5) is 0 Å². The summed E-state index contributed by atoms with van der Waals surface area (Å²) >= 11 is 1.50. The fraction of sp³-hybridized carbons (Fsp3) is 0.844. The van der Waals surface area contributed by atoms with E-state index in [9.17, 15) is 0 Å². The highest BCUT2D eigenvalue weighted by Gasteiger charge is 1.97. The van der Waals surface area contributed by atoms with Crippen LogP contribution in [0.15, 0.2) is 29.6 Å². The Morgan fingerprint density at radius 2 is 0.553 bits per heavy atom. The molecule has 0 spiro atoms. The topological polar surface area (TPSA) is 12.9 Å². The van der Waals surface area contributed by atoms with Crippen LogP contribution in [0.3, 0.4) is 0 Å². The maximum absolute atomic E-state index is 4.16. The summed E-state index contributed by atoms with van der Waals surface area (Å²) in [6.07, 6.45) is 27.0. The number of aromatic nitrogens is 1. The van der Waals surface area contributed by atoms with Gasteiger partial charge in [-0.05, 0) is 47.2 Å². The standard InChI is InChI=1S/C7H5NS.C6H12.C5H10.C4H8.5C4H10.C3H6/c1-2-4-7-6(3-1)5-9-8-7;1-2-4-6-5-3-1;1-2-4-5-3-1;1-2-4-3-1;5*1-4(2)3;1-2-3-1/h1-5H;1-6H2;1-5H2;1-4H2;5*4H,1-3H3;1-3H2. The van der Waals surface area contributed by atoms with E-state index in [0.29, 0.717) is 0 Å². The van der Waals surface area contributed by atoms with Crippen LogP contribution in [0, 0.1) is 29.6 Å². The van der Waals surface area contributed by atoms with Gasteiger partial charge in [-0.2, -0.15) is 4.37 Å². The predicted molar refractivity (Wildman–Crippen MR) is 225 cm³/mol. The van der Waals surface area contributed by atoms with Gasteiger partial charge in [0.1, 0.15) is 0 Å². The molecule has 0 atom stereocenters. The minimum Gasteiger partial charge on any atom is -0.193 e. The van der Waals surface area contributed by atoms with Gasteiger partial charge in [0.25, 0.3) is 0 Å². The SMILES string of the molecule is C1CC1.C1CCC1.C1CCCC1.C1CCCCC1.CC(C)C.CC(C)C.CC(C)C.CC(C)C.CC(C)C.c1ccc2nscc2c1. The molecule has 0 unspecified atom stereocenters. The van der Waals surface area contributed by atoms with Crippen LogP contribution in [0.25, 0.3) is 10.9 Å². The number of rotatable bonds is 0. The molecule has 0 N–H and O–H groups in total. The Bertz CT molecular complexity index is 654. The van der Waals surface area contributed by atoms with Crippen molar-refractivity contribution in [2.75, 3.05) is 0 Å². The van der Waals surface area contributed by atoms with Crippen molar-refractivity contribution in [3.63, 3.8) is 0 Å². The van der Waals surface area contributed by atoms with Crippen molar-refractivity contribution in [2.24, 2.45) is 29.6 Å². The maximum Gasteiger partial charge on any atom is 0.0840 e. The third-order valence-corrected chi connectivity index (χ3v) is 6.03. The van der Waals surface area contributed by atoms with Crippen molar-refractivity contribution < 1.29 is 0 Å². The minimum atomic E-state index is 0.833. The van der Waals surface area contributed by atoms with Gasteiger partial charge in [-0.25, -0.2) is 0 Å². The molecule has 1 aromatic carbocycles. The van der Waals surface area contributed by atoms with Gasteiger partial charge in [-0.15, -0.1) is 0 Å². The molecule has 0 amide bonds. The Labute approximate surface area is 304 Å². The normalized spacial score (nSPS) is 15.0. The third-order valence-electron chi connectivity index (χ3n) is 5.37. The zero-order valence-electron chi connectivity index (χ0n) is 35.4. The highest BCUT2D eigenvalue weighted by atomic mass is 32.1. The molecule has 4 saturated carbocycles. The first kappa shape index (κ1) is 52.9. The molecule has 1 heterocycles. The molecule has 4 fully saturated rings. The van der Waals surface area contributed by atoms with Gasteiger partial charge in [0.05, 0.1) is 5.52 Å². The van der Waals surface area contributed by atoms with E-state index in [0.717, 1.165) is 35.1 Å². The van der Waals surface area contributed by atoms with Gasteiger partial charge < -0.3 is 0 Å². The van der Waals surface area contributed by atoms with E-state index in [1.54, 1.807) is 0 Å². The third kappa shape index (κ3) is 81.3. The Morgan fingerprint density at radius 3 is 0.745 bits per heavy atom. The molecule has 0 saturated heterocycles. The fourth-order valence-electron chi connectivity index (χ4n) is 3.00. The lowest BCUT2D eigenvalue weighted by Crippen LogP contribution is -1.85. The lowest BCUT2D eigenvalue weighted by atomic mass is 10.0. The summed E-state index contributed by atoms with van der Waals surface area (Å²) in [5, 5.41) is 3.29. The Balaban J connectivity index is -0.000000223. The molecule has 1 aromatic heterocycles. The van der Waals surface area contributed by atoms with Crippen molar-refractivity contribution in [3.05, 3.63) is 29.6 Å². The average Bonchev–Trinajstić information content (AvgIpc) is 3.50. The first-order chi connectivity index (χ1) is 22.1. The van der Waals surface area contributed by atoms with Crippen LogP contribution in [0.2, 0.25) is 0 Å². The molecule has 4 aliphatic carbocycles. The largest absolute Gasteiger partial charge is 0.193 e. The molecular formula is C45H91NS. The summed E-state index contributed by atoms with van der Waals surface area (Å²) < 4.78 is 4.16. The van der Waals surface area contributed by atoms with Crippen molar-refractivity contribution in [1.82, 2.24) is 4.37 Å². The second-order valence-corrected chi connectivity index (χ2v) is 17.5. The number of benzene rings is 1. The summed E-state index contributed by atoms with van der Waals surface area (Å²) in [7, 11) is 0. The van der Waals surface area contributed by atoms with Gasteiger partial charge in [0.15, 0.2) is 0 Å². The van der Waals surface area contributed by atoms with Gasteiger partial charge in [0.2, 0.25) is 0 Å². The van der Waals surface area contributed by atoms with Gasteiger partial charge in [-0.1, -0.05) is 238 Å². The summed E-state index contributed by atoms with van der Waals surface area (Å²) in [5.41, 5.74) is 1.10. The van der Waals surface area contributed by atoms with E-state index in [2.05, 4.69) is 120 Å². The first-order valence-corrected chi connectivity index (χ1v) is 21.3. The molecular weight excluding hydrogens is 587 g/mol. The molecule has 0 bridgehead atoms. The lowest BCUT2D eigenvalue weighted by Gasteiger charge is -2.05. The van der Waals surface area contributed by atoms with Crippen molar-refractivity contribution in [1.29, 1.82) is 0 Å². The molecule has 2 aromatic rings. The minimum absolute atomic E-state index is 0.833. The van der Waals surface area contributed by atoms with Crippen molar-refractivity contribution in [3.8, 4) is 0 Å². The fourth-order valence-corrected chi connectivity index (χ4v) is 3.65. The second kappa shape index (κ2) is 43.1. The highest BCUT2D eigenvalue weighted by Crippen LogP contribution is 2.16. The predicted octanol–water partition coefficient (Wildman–Crippen LogP) is 17.6. The van der Waals surface area contributed by atoms with E-state index < -0.39 is 0 Å². The maximum atomic E-state index is 4.16. The molecule has 4 aliphatic rings. The van der Waals surface area contributed by atoms with Crippen LogP contribution in [0.1, 0.15) is 219 Å². The van der Waals surface area contributed by atoms with Crippen molar-refractivity contribution >= 4 is 22.4 Å². The number of fused-ring (bicyclic) bond motifs is 1. The Hall–Kier alpha value is -0.890. The van der Waals surface area contributed by atoms with Crippen LogP contribution in [0.5, 0.6) is 0 Å². The zero-order valence-corrected chi connectivity index (χ0v) is 36.2. The lowest BCUT2D eigenvalue weighted by molar-refractivity contribution is 0.504. The van der Waals surface area contributed by atoms with Crippen LogP contribution >= 0.6 is 11.5 Å². The molecule has 2 heteroatoms.